The first kappa shape index (κ1) is 16.3. The molecule has 0 saturated heterocycles. The zero-order chi connectivity index (χ0) is 15.6. The summed E-state index contributed by atoms with van der Waals surface area (Å²) in [6, 6.07) is 10.9. The van der Waals surface area contributed by atoms with Crippen LogP contribution < -0.4 is 4.72 Å². The molecule has 21 heavy (non-hydrogen) atoms. The molecule has 2 aromatic rings. The number of anilines is 1. The molecule has 1 unspecified atom stereocenters. The maximum atomic E-state index is 12.3. The summed E-state index contributed by atoms with van der Waals surface area (Å²) in [5.41, 5.74) is 1.01. The summed E-state index contributed by atoms with van der Waals surface area (Å²) in [7, 11) is -3.72. The van der Waals surface area contributed by atoms with Crippen molar-refractivity contribution in [2.45, 2.75) is 17.9 Å². The van der Waals surface area contributed by atoms with Gasteiger partial charge in [0, 0.05) is 9.50 Å². The Morgan fingerprint density at radius 1 is 1.19 bits per heavy atom. The summed E-state index contributed by atoms with van der Waals surface area (Å²) in [5, 5.41) is 9.86. The number of sulfonamides is 1. The van der Waals surface area contributed by atoms with Gasteiger partial charge in [0.2, 0.25) is 0 Å². The van der Waals surface area contributed by atoms with E-state index in [4.69, 9.17) is 11.6 Å². The van der Waals surface area contributed by atoms with Gasteiger partial charge in [0.05, 0.1) is 16.7 Å². The van der Waals surface area contributed by atoms with E-state index in [2.05, 4.69) is 20.7 Å². The lowest BCUT2D eigenvalue weighted by Gasteiger charge is -2.11. The van der Waals surface area contributed by atoms with Crippen molar-refractivity contribution in [3.8, 4) is 0 Å². The van der Waals surface area contributed by atoms with Crippen LogP contribution in [-0.4, -0.2) is 13.5 Å². The van der Waals surface area contributed by atoms with Crippen molar-refractivity contribution in [3.63, 3.8) is 0 Å². The van der Waals surface area contributed by atoms with E-state index in [9.17, 15) is 13.5 Å². The fraction of sp³-hybridized carbons (Fsp3) is 0.143. The van der Waals surface area contributed by atoms with Gasteiger partial charge in [-0.3, -0.25) is 4.72 Å². The summed E-state index contributed by atoms with van der Waals surface area (Å²) in [4.78, 5) is 0.110. The first-order valence-electron chi connectivity index (χ1n) is 6.05. The Bertz CT molecular complexity index is 745. The fourth-order valence-corrected chi connectivity index (χ4v) is 3.42. The summed E-state index contributed by atoms with van der Waals surface area (Å²) < 4.78 is 27.7. The maximum Gasteiger partial charge on any atom is 0.261 e. The van der Waals surface area contributed by atoms with Gasteiger partial charge in [0.25, 0.3) is 10.0 Å². The Morgan fingerprint density at radius 2 is 1.81 bits per heavy atom. The van der Waals surface area contributed by atoms with Gasteiger partial charge < -0.3 is 5.11 Å². The van der Waals surface area contributed by atoms with Gasteiger partial charge in [-0.05, 0) is 58.7 Å². The maximum absolute atomic E-state index is 12.3. The first-order chi connectivity index (χ1) is 9.79. The van der Waals surface area contributed by atoms with E-state index < -0.39 is 16.1 Å². The Kier molecular flexibility index (Phi) is 4.93. The second-order valence-electron chi connectivity index (χ2n) is 4.47. The lowest BCUT2D eigenvalue weighted by molar-refractivity contribution is 0.199. The Labute approximate surface area is 136 Å². The van der Waals surface area contributed by atoms with Crippen LogP contribution in [0.1, 0.15) is 18.6 Å². The van der Waals surface area contributed by atoms with Crippen LogP contribution in [0.15, 0.2) is 51.8 Å². The van der Waals surface area contributed by atoms with Gasteiger partial charge >= 0.3 is 0 Å². The highest BCUT2D eigenvalue weighted by Gasteiger charge is 2.16. The number of hydrogen-bond acceptors (Lipinski definition) is 3. The zero-order valence-electron chi connectivity index (χ0n) is 11.0. The highest BCUT2D eigenvalue weighted by molar-refractivity contribution is 9.10. The molecular formula is C14H13BrClNO3S. The molecule has 0 saturated carbocycles. The molecule has 4 nitrogen and oxygen atoms in total. The number of aliphatic hydroxyl groups excluding tert-OH is 1. The quantitative estimate of drug-likeness (QED) is 0.830. The first-order valence-corrected chi connectivity index (χ1v) is 8.71. The van der Waals surface area contributed by atoms with Gasteiger partial charge in [0.15, 0.2) is 0 Å². The number of aliphatic hydroxyl groups is 1. The number of rotatable bonds is 4. The summed E-state index contributed by atoms with van der Waals surface area (Å²) >= 11 is 9.13. The fourth-order valence-electron chi connectivity index (χ4n) is 1.70. The van der Waals surface area contributed by atoms with Crippen LogP contribution in [0.25, 0.3) is 0 Å². The van der Waals surface area contributed by atoms with E-state index in [1.165, 1.54) is 18.2 Å². The van der Waals surface area contributed by atoms with Crippen LogP contribution in [0.4, 0.5) is 5.69 Å². The highest BCUT2D eigenvalue weighted by atomic mass is 79.9. The third kappa shape index (κ3) is 3.97. The molecule has 0 aliphatic rings. The van der Waals surface area contributed by atoms with E-state index in [0.29, 0.717) is 20.7 Å². The molecule has 0 bridgehead atoms. The smallest absolute Gasteiger partial charge is 0.261 e. The molecule has 0 aliphatic heterocycles. The highest BCUT2D eigenvalue weighted by Crippen LogP contribution is 2.28. The van der Waals surface area contributed by atoms with Crippen molar-refractivity contribution in [1.82, 2.24) is 0 Å². The summed E-state index contributed by atoms with van der Waals surface area (Å²) in [6.07, 6.45) is -0.642. The van der Waals surface area contributed by atoms with Crippen LogP contribution >= 0.6 is 27.5 Å². The Balaban J connectivity index is 2.31. The number of hydrogen-bond donors (Lipinski definition) is 2. The standard InChI is InChI=1S/C14H13BrClNO3S/c1-9(18)10-2-5-12(6-3-10)21(19,20)17-14-8-11(16)4-7-13(14)15/h2-9,17-18H,1H3. The van der Waals surface area contributed by atoms with Crippen LogP contribution in [0.2, 0.25) is 5.02 Å². The minimum absolute atomic E-state index is 0.110. The molecule has 0 radical (unpaired) electrons. The third-order valence-corrected chi connectivity index (χ3v) is 5.15. The molecule has 7 heteroatoms. The van der Waals surface area contributed by atoms with Crippen LogP contribution in [-0.2, 0) is 10.0 Å². The minimum Gasteiger partial charge on any atom is -0.389 e. The van der Waals surface area contributed by atoms with Gasteiger partial charge in [-0.15, -0.1) is 0 Å². The van der Waals surface area contributed by atoms with Crippen molar-refractivity contribution >= 4 is 43.2 Å². The van der Waals surface area contributed by atoms with Gasteiger partial charge in [0.1, 0.15) is 0 Å². The molecule has 112 valence electrons. The number of benzene rings is 2. The average molecular weight is 391 g/mol. The van der Waals surface area contributed by atoms with E-state index >= 15 is 0 Å². The van der Waals surface area contributed by atoms with Crippen LogP contribution in [0.3, 0.4) is 0 Å². The molecule has 2 aromatic carbocycles. The van der Waals surface area contributed by atoms with Gasteiger partial charge in [-0.2, -0.15) is 0 Å². The van der Waals surface area contributed by atoms with Gasteiger partial charge in [-0.1, -0.05) is 23.7 Å². The summed E-state index contributed by atoms with van der Waals surface area (Å²) in [6.45, 7) is 1.62. The van der Waals surface area contributed by atoms with Crippen LogP contribution in [0.5, 0.6) is 0 Å². The van der Waals surface area contributed by atoms with E-state index in [1.807, 2.05) is 0 Å². The molecule has 1 atom stereocenters. The molecule has 0 aliphatic carbocycles. The normalized spacial score (nSPS) is 13.0. The largest absolute Gasteiger partial charge is 0.389 e. The molecule has 0 amide bonds. The SMILES string of the molecule is CC(O)c1ccc(S(=O)(=O)Nc2cc(Cl)ccc2Br)cc1. The van der Waals surface area contributed by atoms with Crippen molar-refractivity contribution in [1.29, 1.82) is 0 Å². The Hall–Kier alpha value is -1.08. The van der Waals surface area contributed by atoms with Gasteiger partial charge in [-0.25, -0.2) is 8.42 Å². The lowest BCUT2D eigenvalue weighted by atomic mass is 10.1. The number of halogens is 2. The molecule has 2 rings (SSSR count). The molecule has 0 fully saturated rings. The van der Waals surface area contributed by atoms with Crippen molar-refractivity contribution in [2.24, 2.45) is 0 Å². The molecule has 0 heterocycles. The number of nitrogens with one attached hydrogen (secondary N) is 1. The lowest BCUT2D eigenvalue weighted by Crippen LogP contribution is -2.13. The predicted molar refractivity (Wildman–Crippen MR) is 87.0 cm³/mol. The zero-order valence-corrected chi connectivity index (χ0v) is 14.2. The molecular weight excluding hydrogens is 378 g/mol. The minimum atomic E-state index is -3.72. The van der Waals surface area contributed by atoms with Crippen molar-refractivity contribution in [2.75, 3.05) is 4.72 Å². The molecule has 2 N–H and O–H groups in total. The topological polar surface area (TPSA) is 66.4 Å². The summed E-state index contributed by atoms with van der Waals surface area (Å²) in [5.74, 6) is 0. The van der Waals surface area contributed by atoms with E-state index in [0.717, 1.165) is 0 Å². The average Bonchev–Trinajstić information content (AvgIpc) is 2.43. The molecule has 0 aromatic heterocycles. The second-order valence-corrected chi connectivity index (χ2v) is 7.45. The third-order valence-electron chi connectivity index (χ3n) is 2.85. The van der Waals surface area contributed by atoms with Crippen molar-refractivity contribution < 1.29 is 13.5 Å². The van der Waals surface area contributed by atoms with E-state index in [1.54, 1.807) is 31.2 Å². The Morgan fingerprint density at radius 3 is 2.38 bits per heavy atom. The van der Waals surface area contributed by atoms with Crippen molar-refractivity contribution in [3.05, 3.63) is 57.5 Å². The van der Waals surface area contributed by atoms with Crippen LogP contribution in [0, 0.1) is 0 Å². The monoisotopic (exact) mass is 389 g/mol. The second kappa shape index (κ2) is 6.36. The predicted octanol–water partition coefficient (Wildman–Crippen LogP) is 3.96. The van der Waals surface area contributed by atoms with E-state index in [-0.39, 0.29) is 4.90 Å². The molecule has 0 spiro atoms.